The minimum absolute atomic E-state index is 0.296. The van der Waals surface area contributed by atoms with E-state index in [1.807, 2.05) is 15.7 Å². The zero-order valence-corrected chi connectivity index (χ0v) is 13.5. The number of rotatable bonds is 6. The highest BCUT2D eigenvalue weighted by molar-refractivity contribution is 5.89. The van der Waals surface area contributed by atoms with Crippen LogP contribution in [0.4, 0.5) is 20.6 Å². The summed E-state index contributed by atoms with van der Waals surface area (Å²) >= 11 is 0. The Morgan fingerprint density at radius 3 is 2.83 bits per heavy atom. The Balaban J connectivity index is 1.44. The second-order valence-electron chi connectivity index (χ2n) is 5.90. The van der Waals surface area contributed by atoms with Crippen molar-refractivity contribution in [2.45, 2.75) is 25.8 Å². The predicted molar refractivity (Wildman–Crippen MR) is 91.7 cm³/mol. The largest absolute Gasteiger partial charge is 0.369 e. The van der Waals surface area contributed by atoms with E-state index in [4.69, 9.17) is 0 Å². The van der Waals surface area contributed by atoms with E-state index in [-0.39, 0.29) is 11.8 Å². The maximum Gasteiger partial charge on any atom is 0.319 e. The summed E-state index contributed by atoms with van der Waals surface area (Å²) in [6.07, 6.45) is 8.34. The zero-order valence-electron chi connectivity index (χ0n) is 13.5. The third-order valence-corrected chi connectivity index (χ3v) is 4.09. The van der Waals surface area contributed by atoms with E-state index in [9.17, 15) is 9.18 Å². The number of carbonyl (C=O) groups is 1. The lowest BCUT2D eigenvalue weighted by Gasteiger charge is -2.19. The summed E-state index contributed by atoms with van der Waals surface area (Å²) in [5, 5.41) is 5.43. The van der Waals surface area contributed by atoms with Crippen LogP contribution >= 0.6 is 0 Å². The van der Waals surface area contributed by atoms with Crippen LogP contribution in [0, 0.1) is 5.82 Å². The molecule has 0 unspecified atom stereocenters. The van der Waals surface area contributed by atoms with Gasteiger partial charge in [-0.2, -0.15) is 0 Å². The first-order valence-corrected chi connectivity index (χ1v) is 8.27. The first kappa shape index (κ1) is 16.3. The molecule has 2 aromatic rings. The molecule has 1 aromatic carbocycles. The van der Waals surface area contributed by atoms with Gasteiger partial charge < -0.3 is 20.1 Å². The van der Waals surface area contributed by atoms with Crippen LogP contribution in [0.3, 0.4) is 0 Å². The van der Waals surface area contributed by atoms with Gasteiger partial charge in [-0.25, -0.2) is 14.2 Å². The van der Waals surface area contributed by atoms with Crippen LogP contribution in [0.5, 0.6) is 0 Å². The van der Waals surface area contributed by atoms with Crippen LogP contribution in [0.25, 0.3) is 0 Å². The lowest BCUT2D eigenvalue weighted by atomic mass is 10.2. The van der Waals surface area contributed by atoms with Gasteiger partial charge in [0.05, 0.1) is 12.0 Å². The Bertz CT molecular complexity index is 668. The van der Waals surface area contributed by atoms with E-state index in [1.54, 1.807) is 24.7 Å². The van der Waals surface area contributed by atoms with Gasteiger partial charge in [0.25, 0.3) is 0 Å². The van der Waals surface area contributed by atoms with Crippen molar-refractivity contribution >= 4 is 17.4 Å². The van der Waals surface area contributed by atoms with Gasteiger partial charge in [-0.15, -0.1) is 0 Å². The monoisotopic (exact) mass is 331 g/mol. The molecule has 2 amide bonds. The first-order chi connectivity index (χ1) is 11.7. The van der Waals surface area contributed by atoms with Crippen molar-refractivity contribution in [1.29, 1.82) is 0 Å². The molecule has 0 radical (unpaired) electrons. The van der Waals surface area contributed by atoms with Gasteiger partial charge >= 0.3 is 6.03 Å². The third kappa shape index (κ3) is 4.24. The first-order valence-electron chi connectivity index (χ1n) is 8.27. The molecule has 0 aliphatic carbocycles. The normalized spacial score (nSPS) is 14.0. The van der Waals surface area contributed by atoms with Crippen LogP contribution in [0.15, 0.2) is 36.9 Å². The summed E-state index contributed by atoms with van der Waals surface area (Å²) in [5.74, 6) is -0.296. The molecule has 0 spiro atoms. The van der Waals surface area contributed by atoms with Gasteiger partial charge in [0.2, 0.25) is 0 Å². The molecule has 6 nitrogen and oxygen atoms in total. The van der Waals surface area contributed by atoms with Gasteiger partial charge in [0.1, 0.15) is 5.82 Å². The number of carbonyl (C=O) groups excluding carboxylic acids is 1. The highest BCUT2D eigenvalue weighted by Gasteiger charge is 2.16. The van der Waals surface area contributed by atoms with Crippen molar-refractivity contribution in [3.63, 3.8) is 0 Å². The van der Waals surface area contributed by atoms with Crippen molar-refractivity contribution in [2.24, 2.45) is 0 Å². The number of hydrogen-bond acceptors (Lipinski definition) is 3. The Morgan fingerprint density at radius 1 is 1.29 bits per heavy atom. The van der Waals surface area contributed by atoms with Crippen molar-refractivity contribution < 1.29 is 9.18 Å². The number of nitrogens with one attached hydrogen (secondary N) is 2. The maximum absolute atomic E-state index is 14.2. The number of halogens is 1. The molecule has 3 rings (SSSR count). The predicted octanol–water partition coefficient (Wildman–Crippen LogP) is 2.83. The lowest BCUT2D eigenvalue weighted by molar-refractivity contribution is 0.252. The number of anilines is 2. The minimum Gasteiger partial charge on any atom is -0.369 e. The molecule has 0 bridgehead atoms. The Hall–Kier alpha value is -2.57. The number of aromatic nitrogens is 2. The zero-order chi connectivity index (χ0) is 16.8. The number of hydrogen-bond donors (Lipinski definition) is 2. The average molecular weight is 331 g/mol. The van der Waals surface area contributed by atoms with Crippen molar-refractivity contribution in [3.8, 4) is 0 Å². The van der Waals surface area contributed by atoms with Gasteiger partial charge in [-0.05, 0) is 37.5 Å². The SMILES string of the molecule is O=C(NCCCn1ccnc1)Nc1ccc(N2CCCC2)c(F)c1. The highest BCUT2D eigenvalue weighted by atomic mass is 19.1. The Labute approximate surface area is 140 Å². The molecular formula is C17H22FN5O. The second-order valence-corrected chi connectivity index (χ2v) is 5.90. The number of imidazole rings is 1. The minimum atomic E-state index is -0.325. The molecule has 1 aromatic heterocycles. The van der Waals surface area contributed by atoms with Crippen LogP contribution in [-0.4, -0.2) is 35.2 Å². The number of urea groups is 1. The van der Waals surface area contributed by atoms with Crippen LogP contribution in [-0.2, 0) is 6.54 Å². The van der Waals surface area contributed by atoms with Crippen LogP contribution < -0.4 is 15.5 Å². The summed E-state index contributed by atoms with van der Waals surface area (Å²) < 4.78 is 16.1. The molecule has 0 saturated carbocycles. The molecule has 1 aliphatic rings. The molecule has 1 aliphatic heterocycles. The molecule has 1 fully saturated rings. The highest BCUT2D eigenvalue weighted by Crippen LogP contribution is 2.25. The summed E-state index contributed by atoms with van der Waals surface area (Å²) in [4.78, 5) is 17.8. The van der Waals surface area contributed by atoms with E-state index < -0.39 is 0 Å². The van der Waals surface area contributed by atoms with E-state index in [2.05, 4.69) is 15.6 Å². The van der Waals surface area contributed by atoms with E-state index in [0.717, 1.165) is 38.9 Å². The summed E-state index contributed by atoms with van der Waals surface area (Å²) in [6.45, 7) is 3.11. The number of benzene rings is 1. The Kier molecular flexibility index (Phi) is 5.30. The molecule has 2 heterocycles. The molecule has 128 valence electrons. The average Bonchev–Trinajstić information content (AvgIpc) is 3.25. The fourth-order valence-corrected chi connectivity index (χ4v) is 2.86. The summed E-state index contributed by atoms with van der Waals surface area (Å²) in [6, 6.07) is 4.52. The molecule has 24 heavy (non-hydrogen) atoms. The fraction of sp³-hybridized carbons (Fsp3) is 0.412. The smallest absolute Gasteiger partial charge is 0.319 e. The number of amides is 2. The van der Waals surface area contributed by atoms with Crippen molar-refractivity contribution in [2.75, 3.05) is 29.9 Å². The lowest BCUT2D eigenvalue weighted by Crippen LogP contribution is -2.30. The molecule has 1 saturated heterocycles. The quantitative estimate of drug-likeness (QED) is 0.800. The van der Waals surface area contributed by atoms with Gasteiger partial charge in [0.15, 0.2) is 0 Å². The van der Waals surface area contributed by atoms with E-state index >= 15 is 0 Å². The Morgan fingerprint density at radius 2 is 2.12 bits per heavy atom. The molecule has 0 atom stereocenters. The van der Waals surface area contributed by atoms with E-state index in [1.165, 1.54) is 6.07 Å². The topological polar surface area (TPSA) is 62.2 Å². The maximum atomic E-state index is 14.2. The van der Waals surface area contributed by atoms with E-state index in [0.29, 0.717) is 17.9 Å². The second kappa shape index (κ2) is 7.81. The standard InChI is InChI=1S/C17H22FN5O/c18-15-12-14(4-5-16(15)23-9-1-2-10-23)21-17(24)20-6-3-8-22-11-7-19-13-22/h4-5,7,11-13H,1-3,6,8-10H2,(H2,20,21,24). The van der Waals surface area contributed by atoms with Crippen LogP contribution in [0.2, 0.25) is 0 Å². The summed E-state index contributed by atoms with van der Waals surface area (Å²) in [7, 11) is 0. The number of nitrogens with zero attached hydrogens (tertiary/aromatic N) is 3. The molecule has 2 N–H and O–H groups in total. The molecule has 7 heteroatoms. The van der Waals surface area contributed by atoms with Crippen molar-refractivity contribution in [1.82, 2.24) is 14.9 Å². The van der Waals surface area contributed by atoms with Crippen molar-refractivity contribution in [3.05, 3.63) is 42.7 Å². The van der Waals surface area contributed by atoms with Gasteiger partial charge in [0, 0.05) is 44.3 Å². The van der Waals surface area contributed by atoms with Gasteiger partial charge in [-0.3, -0.25) is 0 Å². The van der Waals surface area contributed by atoms with Crippen LogP contribution in [0.1, 0.15) is 19.3 Å². The fourth-order valence-electron chi connectivity index (χ4n) is 2.86. The third-order valence-electron chi connectivity index (χ3n) is 4.09. The number of aryl methyl sites for hydroxylation is 1. The van der Waals surface area contributed by atoms with Gasteiger partial charge in [-0.1, -0.05) is 0 Å². The molecular weight excluding hydrogens is 309 g/mol. The summed E-state index contributed by atoms with van der Waals surface area (Å²) in [5.41, 5.74) is 1.07.